The number of rotatable bonds is 9. The average Bonchev–Trinajstić information content (AvgIpc) is 2.55. The van der Waals surface area contributed by atoms with Crippen LogP contribution in [0.2, 0.25) is 0 Å². The maximum atomic E-state index is 5.56. The summed E-state index contributed by atoms with van der Waals surface area (Å²) in [6, 6.07) is 1.33. The molecule has 1 rings (SSSR count). The minimum atomic E-state index is 0.648. The van der Waals surface area contributed by atoms with E-state index in [-0.39, 0.29) is 0 Å². The molecule has 1 aliphatic rings. The van der Waals surface area contributed by atoms with E-state index in [2.05, 4.69) is 31.0 Å². The lowest BCUT2D eigenvalue weighted by Gasteiger charge is -2.29. The number of ether oxygens (including phenoxy) is 2. The summed E-state index contributed by atoms with van der Waals surface area (Å²) in [5.41, 5.74) is 0. The number of methoxy groups -OCH3 is 1. The molecule has 4 nitrogen and oxygen atoms in total. The van der Waals surface area contributed by atoms with Crippen molar-refractivity contribution in [1.29, 1.82) is 0 Å². The molecule has 0 aromatic rings. The average molecular weight is 286 g/mol. The van der Waals surface area contributed by atoms with Crippen molar-refractivity contribution in [2.45, 2.75) is 52.1 Å². The van der Waals surface area contributed by atoms with E-state index in [4.69, 9.17) is 9.47 Å². The van der Waals surface area contributed by atoms with Gasteiger partial charge >= 0.3 is 0 Å². The van der Waals surface area contributed by atoms with Crippen molar-refractivity contribution >= 4 is 0 Å². The van der Waals surface area contributed by atoms with Crippen molar-refractivity contribution in [3.8, 4) is 0 Å². The topological polar surface area (TPSA) is 33.7 Å². The highest BCUT2D eigenvalue weighted by molar-refractivity contribution is 4.81. The molecule has 1 N–H and O–H groups in total. The lowest BCUT2D eigenvalue weighted by Crippen LogP contribution is -2.41. The predicted octanol–water partition coefficient (Wildman–Crippen LogP) is 2.14. The van der Waals surface area contributed by atoms with Crippen LogP contribution in [0.1, 0.15) is 40.0 Å². The SMILES string of the molecule is COCCOCCCN1CC(CC(C)C)NCCC1C. The van der Waals surface area contributed by atoms with Crippen LogP contribution < -0.4 is 5.32 Å². The molecule has 0 bridgehead atoms. The fraction of sp³-hybridized carbons (Fsp3) is 1.00. The molecular weight excluding hydrogens is 252 g/mol. The Kier molecular flexibility index (Phi) is 9.44. The number of nitrogens with one attached hydrogen (secondary N) is 1. The van der Waals surface area contributed by atoms with E-state index in [1.807, 2.05) is 0 Å². The number of nitrogens with zero attached hydrogens (tertiary/aromatic N) is 1. The first-order chi connectivity index (χ1) is 9.63. The summed E-state index contributed by atoms with van der Waals surface area (Å²) >= 11 is 0. The molecule has 1 aliphatic heterocycles. The van der Waals surface area contributed by atoms with Gasteiger partial charge in [0.2, 0.25) is 0 Å². The Balaban J connectivity index is 2.25. The standard InChI is InChI=1S/C16H34N2O2/c1-14(2)12-16-13-18(15(3)6-7-17-16)8-5-9-20-11-10-19-4/h14-17H,5-13H2,1-4H3. The van der Waals surface area contributed by atoms with Gasteiger partial charge in [-0.1, -0.05) is 13.8 Å². The van der Waals surface area contributed by atoms with Crippen LogP contribution in [0.5, 0.6) is 0 Å². The van der Waals surface area contributed by atoms with Crippen molar-refractivity contribution < 1.29 is 9.47 Å². The van der Waals surface area contributed by atoms with Crippen LogP contribution >= 0.6 is 0 Å². The highest BCUT2D eigenvalue weighted by Gasteiger charge is 2.22. The third-order valence-electron chi connectivity index (χ3n) is 4.00. The second-order valence-corrected chi connectivity index (χ2v) is 6.37. The van der Waals surface area contributed by atoms with Crippen molar-refractivity contribution in [1.82, 2.24) is 10.2 Å². The predicted molar refractivity (Wildman–Crippen MR) is 84.2 cm³/mol. The molecule has 0 spiro atoms. The Hall–Kier alpha value is -0.160. The van der Waals surface area contributed by atoms with Gasteiger partial charge in [-0.15, -0.1) is 0 Å². The van der Waals surface area contributed by atoms with Crippen LogP contribution in [0.3, 0.4) is 0 Å². The zero-order valence-corrected chi connectivity index (χ0v) is 13.9. The molecule has 0 aromatic heterocycles. The van der Waals surface area contributed by atoms with E-state index < -0.39 is 0 Å². The summed E-state index contributed by atoms with van der Waals surface area (Å²) in [5, 5.41) is 3.70. The summed E-state index contributed by atoms with van der Waals surface area (Å²) < 4.78 is 10.5. The molecule has 4 heteroatoms. The second kappa shape index (κ2) is 10.6. The number of hydrogen-bond acceptors (Lipinski definition) is 4. The van der Waals surface area contributed by atoms with E-state index in [0.717, 1.165) is 32.0 Å². The van der Waals surface area contributed by atoms with Gasteiger partial charge in [-0.25, -0.2) is 0 Å². The first-order valence-electron chi connectivity index (χ1n) is 8.17. The van der Waals surface area contributed by atoms with Crippen molar-refractivity contribution in [2.75, 3.05) is 46.6 Å². The fourth-order valence-electron chi connectivity index (χ4n) is 2.86. The molecule has 1 heterocycles. The maximum absolute atomic E-state index is 5.56. The zero-order valence-electron chi connectivity index (χ0n) is 13.9. The van der Waals surface area contributed by atoms with Gasteiger partial charge in [0.15, 0.2) is 0 Å². The molecule has 2 atom stereocenters. The maximum Gasteiger partial charge on any atom is 0.0700 e. The summed E-state index contributed by atoms with van der Waals surface area (Å²) in [5.74, 6) is 0.764. The quantitative estimate of drug-likeness (QED) is 0.659. The van der Waals surface area contributed by atoms with E-state index in [1.165, 1.54) is 19.4 Å². The van der Waals surface area contributed by atoms with Crippen LogP contribution in [0.25, 0.3) is 0 Å². The van der Waals surface area contributed by atoms with Gasteiger partial charge in [-0.2, -0.15) is 0 Å². The monoisotopic (exact) mass is 286 g/mol. The third-order valence-corrected chi connectivity index (χ3v) is 4.00. The molecule has 0 saturated carbocycles. The molecule has 120 valence electrons. The minimum Gasteiger partial charge on any atom is -0.382 e. The Labute approximate surface area is 125 Å². The molecule has 0 aliphatic carbocycles. The lowest BCUT2D eigenvalue weighted by molar-refractivity contribution is 0.0628. The highest BCUT2D eigenvalue weighted by atomic mass is 16.5. The van der Waals surface area contributed by atoms with Gasteiger partial charge in [0.1, 0.15) is 0 Å². The normalized spacial score (nSPS) is 25.1. The van der Waals surface area contributed by atoms with Crippen molar-refractivity contribution in [2.24, 2.45) is 5.92 Å². The Morgan fingerprint density at radius 3 is 2.75 bits per heavy atom. The highest BCUT2D eigenvalue weighted by Crippen LogP contribution is 2.14. The summed E-state index contributed by atoms with van der Waals surface area (Å²) in [4.78, 5) is 2.63. The molecule has 0 amide bonds. The fourth-order valence-corrected chi connectivity index (χ4v) is 2.86. The summed E-state index contributed by atoms with van der Waals surface area (Å²) in [6.45, 7) is 12.7. The van der Waals surface area contributed by atoms with Crippen molar-refractivity contribution in [3.05, 3.63) is 0 Å². The molecule has 1 saturated heterocycles. The van der Waals surface area contributed by atoms with Gasteiger partial charge in [-0.05, 0) is 38.6 Å². The van der Waals surface area contributed by atoms with E-state index in [0.29, 0.717) is 25.3 Å². The molecule has 1 fully saturated rings. The summed E-state index contributed by atoms with van der Waals surface area (Å²) in [7, 11) is 1.71. The molecule has 20 heavy (non-hydrogen) atoms. The first-order valence-corrected chi connectivity index (χ1v) is 8.17. The first kappa shape index (κ1) is 17.9. The Morgan fingerprint density at radius 2 is 2.05 bits per heavy atom. The lowest BCUT2D eigenvalue weighted by atomic mass is 10.0. The van der Waals surface area contributed by atoms with Crippen LogP contribution in [-0.4, -0.2) is 63.5 Å². The van der Waals surface area contributed by atoms with Crippen LogP contribution in [0.4, 0.5) is 0 Å². The Morgan fingerprint density at radius 1 is 1.25 bits per heavy atom. The van der Waals surface area contributed by atoms with Crippen LogP contribution in [-0.2, 0) is 9.47 Å². The van der Waals surface area contributed by atoms with E-state index in [9.17, 15) is 0 Å². The zero-order chi connectivity index (χ0) is 14.8. The molecule has 0 aromatic carbocycles. The largest absolute Gasteiger partial charge is 0.382 e. The molecule has 0 radical (unpaired) electrons. The molecule has 2 unspecified atom stereocenters. The van der Waals surface area contributed by atoms with Gasteiger partial charge in [0.25, 0.3) is 0 Å². The smallest absolute Gasteiger partial charge is 0.0700 e. The van der Waals surface area contributed by atoms with Crippen LogP contribution in [0, 0.1) is 5.92 Å². The number of hydrogen-bond donors (Lipinski definition) is 1. The van der Waals surface area contributed by atoms with Crippen molar-refractivity contribution in [3.63, 3.8) is 0 Å². The van der Waals surface area contributed by atoms with Gasteiger partial charge < -0.3 is 14.8 Å². The van der Waals surface area contributed by atoms with Crippen LogP contribution in [0.15, 0.2) is 0 Å². The second-order valence-electron chi connectivity index (χ2n) is 6.37. The summed E-state index contributed by atoms with van der Waals surface area (Å²) in [6.07, 6.45) is 3.63. The Bertz CT molecular complexity index is 237. The van der Waals surface area contributed by atoms with Gasteiger partial charge in [0, 0.05) is 38.9 Å². The van der Waals surface area contributed by atoms with Gasteiger partial charge in [-0.3, -0.25) is 4.90 Å². The molecular formula is C16H34N2O2. The van der Waals surface area contributed by atoms with E-state index >= 15 is 0 Å². The van der Waals surface area contributed by atoms with E-state index in [1.54, 1.807) is 7.11 Å². The van der Waals surface area contributed by atoms with Gasteiger partial charge in [0.05, 0.1) is 13.2 Å². The third kappa shape index (κ3) is 7.58. The minimum absolute atomic E-state index is 0.648.